The fraction of sp³-hybridized carbons (Fsp3) is 0.278. The maximum absolute atomic E-state index is 12.5. The minimum Gasteiger partial charge on any atom is -0.369 e. The normalized spacial score (nSPS) is 13.6. The molecule has 1 aliphatic carbocycles. The maximum atomic E-state index is 12.5. The van der Waals surface area contributed by atoms with Crippen molar-refractivity contribution in [1.82, 2.24) is 0 Å². The fourth-order valence-electron chi connectivity index (χ4n) is 2.68. The number of ketones is 1. The molecule has 0 saturated heterocycles. The zero-order valence-corrected chi connectivity index (χ0v) is 12.9. The number of benzene rings is 2. The number of nitro groups is 1. The molecular formula is C18H18N2O3. The number of hydrogen-bond donors (Lipinski definition) is 0. The van der Waals surface area contributed by atoms with E-state index in [-0.39, 0.29) is 11.5 Å². The Morgan fingerprint density at radius 2 is 1.87 bits per heavy atom. The van der Waals surface area contributed by atoms with E-state index >= 15 is 0 Å². The summed E-state index contributed by atoms with van der Waals surface area (Å²) in [6.45, 7) is 0.812. The minimum absolute atomic E-state index is 0.0186. The van der Waals surface area contributed by atoms with Crippen molar-refractivity contribution >= 4 is 17.2 Å². The second-order valence-electron chi connectivity index (χ2n) is 5.98. The van der Waals surface area contributed by atoms with E-state index in [1.165, 1.54) is 18.9 Å². The van der Waals surface area contributed by atoms with E-state index in [9.17, 15) is 14.9 Å². The highest BCUT2D eigenvalue weighted by Gasteiger charge is 2.26. The first-order valence-electron chi connectivity index (χ1n) is 7.65. The smallest absolute Gasteiger partial charge is 0.293 e. The average Bonchev–Trinajstić information content (AvgIpc) is 3.38. The summed E-state index contributed by atoms with van der Waals surface area (Å²) in [4.78, 5) is 25.4. The summed E-state index contributed by atoms with van der Waals surface area (Å²) in [6.07, 6.45) is 2.37. The summed E-state index contributed by atoms with van der Waals surface area (Å²) < 4.78 is 0. The Hall–Kier alpha value is -2.69. The Morgan fingerprint density at radius 1 is 1.17 bits per heavy atom. The molecule has 0 amide bonds. The number of nitro benzene ring substituents is 1. The van der Waals surface area contributed by atoms with Crippen LogP contribution in [0.4, 0.5) is 11.4 Å². The second kappa shape index (κ2) is 6.20. The van der Waals surface area contributed by atoms with Crippen molar-refractivity contribution in [1.29, 1.82) is 0 Å². The third-order valence-electron chi connectivity index (χ3n) is 4.11. The van der Waals surface area contributed by atoms with Crippen molar-refractivity contribution in [2.75, 3.05) is 18.5 Å². The van der Waals surface area contributed by atoms with E-state index in [1.54, 1.807) is 36.4 Å². The molecule has 0 aliphatic heterocycles. The van der Waals surface area contributed by atoms with Crippen LogP contribution in [0.15, 0.2) is 48.5 Å². The lowest BCUT2D eigenvalue weighted by Gasteiger charge is -2.19. The van der Waals surface area contributed by atoms with E-state index in [1.807, 2.05) is 18.0 Å². The monoisotopic (exact) mass is 310 g/mol. The van der Waals surface area contributed by atoms with Gasteiger partial charge in [0.15, 0.2) is 5.78 Å². The van der Waals surface area contributed by atoms with Gasteiger partial charge in [-0.3, -0.25) is 14.9 Å². The first kappa shape index (κ1) is 15.2. The standard InChI is InChI=1S/C18H18N2O3/c1-19(12-13-7-8-13)16-10-9-15(11-17(16)20(22)23)18(21)14-5-3-2-4-6-14/h2-6,9-11,13H,7-8,12H2,1H3. The molecule has 1 fully saturated rings. The molecule has 5 heteroatoms. The van der Waals surface area contributed by atoms with Gasteiger partial charge in [0.2, 0.25) is 0 Å². The zero-order chi connectivity index (χ0) is 16.4. The van der Waals surface area contributed by atoms with E-state index < -0.39 is 4.92 Å². The third kappa shape index (κ3) is 3.39. The predicted octanol–water partition coefficient (Wildman–Crippen LogP) is 3.67. The van der Waals surface area contributed by atoms with Gasteiger partial charge >= 0.3 is 0 Å². The molecule has 3 rings (SSSR count). The Balaban J connectivity index is 1.92. The van der Waals surface area contributed by atoms with E-state index in [4.69, 9.17) is 0 Å². The lowest BCUT2D eigenvalue weighted by atomic mass is 10.0. The third-order valence-corrected chi connectivity index (χ3v) is 4.11. The highest BCUT2D eigenvalue weighted by Crippen LogP contribution is 2.34. The zero-order valence-electron chi connectivity index (χ0n) is 12.9. The maximum Gasteiger partial charge on any atom is 0.293 e. The molecule has 5 nitrogen and oxygen atoms in total. The summed E-state index contributed by atoms with van der Waals surface area (Å²) in [5.41, 5.74) is 1.41. The first-order valence-corrected chi connectivity index (χ1v) is 7.65. The van der Waals surface area contributed by atoms with Crippen LogP contribution in [0.3, 0.4) is 0 Å². The van der Waals surface area contributed by atoms with Gasteiger partial charge in [-0.1, -0.05) is 30.3 Å². The lowest BCUT2D eigenvalue weighted by molar-refractivity contribution is -0.384. The Bertz CT molecular complexity index is 739. The van der Waals surface area contributed by atoms with Gasteiger partial charge < -0.3 is 4.90 Å². The second-order valence-corrected chi connectivity index (χ2v) is 5.98. The van der Waals surface area contributed by atoms with Crippen molar-refractivity contribution in [3.8, 4) is 0 Å². The summed E-state index contributed by atoms with van der Waals surface area (Å²) in [7, 11) is 1.86. The predicted molar refractivity (Wildman–Crippen MR) is 89.0 cm³/mol. The van der Waals surface area contributed by atoms with Crippen molar-refractivity contribution < 1.29 is 9.72 Å². The Labute approximate surface area is 134 Å². The molecule has 23 heavy (non-hydrogen) atoms. The van der Waals surface area contributed by atoms with Crippen molar-refractivity contribution in [3.63, 3.8) is 0 Å². The van der Waals surface area contributed by atoms with E-state index in [0.29, 0.717) is 22.7 Å². The molecule has 0 radical (unpaired) electrons. The van der Waals surface area contributed by atoms with Crippen LogP contribution in [-0.4, -0.2) is 24.3 Å². The topological polar surface area (TPSA) is 63.5 Å². The summed E-state index contributed by atoms with van der Waals surface area (Å²) in [5.74, 6) is 0.426. The average molecular weight is 310 g/mol. The summed E-state index contributed by atoms with van der Waals surface area (Å²) in [5, 5.41) is 11.4. The largest absolute Gasteiger partial charge is 0.369 e. The molecular weight excluding hydrogens is 292 g/mol. The number of nitrogens with zero attached hydrogens (tertiary/aromatic N) is 2. The molecule has 2 aromatic carbocycles. The van der Waals surface area contributed by atoms with Gasteiger partial charge in [-0.2, -0.15) is 0 Å². The molecule has 0 atom stereocenters. The number of hydrogen-bond acceptors (Lipinski definition) is 4. The van der Waals surface area contributed by atoms with Gasteiger partial charge in [-0.05, 0) is 30.9 Å². The molecule has 1 saturated carbocycles. The lowest BCUT2D eigenvalue weighted by Crippen LogP contribution is -2.21. The molecule has 0 heterocycles. The molecule has 2 aromatic rings. The van der Waals surface area contributed by atoms with Gasteiger partial charge in [-0.25, -0.2) is 0 Å². The van der Waals surface area contributed by atoms with Gasteiger partial charge in [0.05, 0.1) is 4.92 Å². The Kier molecular flexibility index (Phi) is 4.10. The van der Waals surface area contributed by atoms with E-state index in [2.05, 4.69) is 0 Å². The summed E-state index contributed by atoms with van der Waals surface area (Å²) in [6, 6.07) is 13.5. The minimum atomic E-state index is -0.416. The van der Waals surface area contributed by atoms with Crippen LogP contribution in [0.5, 0.6) is 0 Å². The quantitative estimate of drug-likeness (QED) is 0.464. The van der Waals surface area contributed by atoms with Crippen molar-refractivity contribution in [2.24, 2.45) is 5.92 Å². The molecule has 1 aliphatic rings. The highest BCUT2D eigenvalue weighted by molar-refractivity contribution is 6.09. The van der Waals surface area contributed by atoms with Gasteiger partial charge in [-0.15, -0.1) is 0 Å². The molecule has 0 N–H and O–H groups in total. The Morgan fingerprint density at radius 3 is 2.48 bits per heavy atom. The molecule has 0 spiro atoms. The molecule has 118 valence electrons. The molecule has 0 bridgehead atoms. The van der Waals surface area contributed by atoms with Crippen molar-refractivity contribution in [2.45, 2.75) is 12.8 Å². The van der Waals surface area contributed by atoms with Gasteiger partial charge in [0.25, 0.3) is 5.69 Å². The van der Waals surface area contributed by atoms with Crippen LogP contribution >= 0.6 is 0 Å². The van der Waals surface area contributed by atoms with Gasteiger partial charge in [0.1, 0.15) is 5.69 Å². The highest BCUT2D eigenvalue weighted by atomic mass is 16.6. The molecule has 0 unspecified atom stereocenters. The van der Waals surface area contributed by atoms with Crippen LogP contribution in [0.1, 0.15) is 28.8 Å². The number of carbonyl (C=O) groups is 1. The van der Waals surface area contributed by atoms with Crippen LogP contribution in [0.2, 0.25) is 0 Å². The first-order chi connectivity index (χ1) is 11.1. The molecule has 0 aromatic heterocycles. The number of anilines is 1. The number of carbonyl (C=O) groups excluding carboxylic acids is 1. The van der Waals surface area contributed by atoms with Crippen LogP contribution in [-0.2, 0) is 0 Å². The van der Waals surface area contributed by atoms with Gasteiger partial charge in [0, 0.05) is 30.8 Å². The van der Waals surface area contributed by atoms with E-state index in [0.717, 1.165) is 6.54 Å². The van der Waals surface area contributed by atoms with Crippen molar-refractivity contribution in [3.05, 3.63) is 69.8 Å². The summed E-state index contributed by atoms with van der Waals surface area (Å²) >= 11 is 0. The number of rotatable bonds is 6. The SMILES string of the molecule is CN(CC1CC1)c1ccc(C(=O)c2ccccc2)cc1[N+](=O)[O-]. The fourth-order valence-corrected chi connectivity index (χ4v) is 2.68. The van der Waals surface area contributed by atoms with Crippen LogP contribution < -0.4 is 4.90 Å². The van der Waals surface area contributed by atoms with Crippen LogP contribution in [0, 0.1) is 16.0 Å². The van der Waals surface area contributed by atoms with Crippen LogP contribution in [0.25, 0.3) is 0 Å².